The van der Waals surface area contributed by atoms with Crippen molar-refractivity contribution in [3.8, 4) is 0 Å². The fraction of sp³-hybridized carbons (Fsp3) is 0. The molecule has 0 aliphatic carbocycles. The number of nitrogens with zero attached hydrogens (tertiary/aromatic N) is 2. The first kappa shape index (κ1) is 17.1. The number of aliphatic imine (C=N–C) groups is 2. The highest BCUT2D eigenvalue weighted by Gasteiger charge is 1.98. The van der Waals surface area contributed by atoms with E-state index in [1.54, 1.807) is 24.6 Å². The first-order valence-electron chi connectivity index (χ1n) is 8.03. The first-order chi connectivity index (χ1) is 12.8. The lowest BCUT2D eigenvalue weighted by Crippen LogP contribution is -2.11. The summed E-state index contributed by atoms with van der Waals surface area (Å²) in [6, 6.07) is 17.1. The first-order valence-corrected chi connectivity index (χ1v) is 8.03. The van der Waals surface area contributed by atoms with Crippen LogP contribution >= 0.6 is 0 Å². The van der Waals surface area contributed by atoms with Crippen LogP contribution in [0.25, 0.3) is 11.0 Å². The van der Waals surface area contributed by atoms with Crippen LogP contribution in [0.4, 0.5) is 0 Å². The molecule has 0 amide bonds. The Hall–Kier alpha value is -3.73. The van der Waals surface area contributed by atoms with Gasteiger partial charge < -0.3 is 9.73 Å². The molecule has 3 rings (SSSR count). The quantitative estimate of drug-likeness (QED) is 0.392. The van der Waals surface area contributed by atoms with Crippen molar-refractivity contribution in [2.24, 2.45) is 9.98 Å². The topological polar surface area (TPSA) is 73.7 Å². The molecule has 0 saturated heterocycles. The summed E-state index contributed by atoms with van der Waals surface area (Å²) in [7, 11) is 0. The van der Waals surface area contributed by atoms with Crippen molar-refractivity contribution in [2.45, 2.75) is 0 Å². The minimum atomic E-state index is 0.172. The van der Waals surface area contributed by atoms with E-state index in [-0.39, 0.29) is 5.84 Å². The molecular weight excluding hydrogens is 324 g/mol. The Morgan fingerprint density at radius 1 is 1.08 bits per heavy atom. The summed E-state index contributed by atoms with van der Waals surface area (Å²) in [5.74, 6) is 0.738. The van der Waals surface area contributed by atoms with Gasteiger partial charge in [0.05, 0.1) is 12.6 Å². The predicted octanol–water partition coefficient (Wildman–Crippen LogP) is 4.52. The summed E-state index contributed by atoms with van der Waals surface area (Å²) in [5, 5.41) is 11.9. The number of furan rings is 1. The zero-order chi connectivity index (χ0) is 18.2. The second-order valence-electron chi connectivity index (χ2n) is 5.38. The van der Waals surface area contributed by atoms with Crippen LogP contribution in [0.15, 0.2) is 99.8 Å². The van der Waals surface area contributed by atoms with Crippen LogP contribution in [-0.4, -0.2) is 18.4 Å². The lowest BCUT2D eigenvalue weighted by molar-refractivity contribution is 0.616. The van der Waals surface area contributed by atoms with Gasteiger partial charge in [-0.2, -0.15) is 0 Å². The third-order valence-corrected chi connectivity index (χ3v) is 3.56. The molecule has 2 aromatic carbocycles. The molecule has 0 fully saturated rings. The average molecular weight is 342 g/mol. The molecule has 128 valence electrons. The smallest absolute Gasteiger partial charge is 0.153 e. The van der Waals surface area contributed by atoms with Crippen molar-refractivity contribution >= 4 is 29.4 Å². The van der Waals surface area contributed by atoms with E-state index in [0.717, 1.165) is 22.1 Å². The van der Waals surface area contributed by atoms with Gasteiger partial charge in [0.25, 0.3) is 0 Å². The molecule has 0 unspecified atom stereocenters. The summed E-state index contributed by atoms with van der Waals surface area (Å²) in [5.41, 5.74) is 2.54. The van der Waals surface area contributed by atoms with Gasteiger partial charge in [0.1, 0.15) is 11.4 Å². The highest BCUT2D eigenvalue weighted by atomic mass is 16.3. The van der Waals surface area contributed by atoms with Gasteiger partial charge in [-0.1, -0.05) is 43.0 Å². The molecule has 5 heteroatoms. The summed E-state index contributed by atoms with van der Waals surface area (Å²) >= 11 is 0. The van der Waals surface area contributed by atoms with E-state index >= 15 is 0 Å². The molecule has 2 N–H and O–H groups in total. The summed E-state index contributed by atoms with van der Waals surface area (Å²) in [6.07, 6.45) is 8.21. The van der Waals surface area contributed by atoms with Gasteiger partial charge in [0.2, 0.25) is 0 Å². The minimum Gasteiger partial charge on any atom is -0.464 e. The van der Waals surface area contributed by atoms with Crippen LogP contribution in [0.1, 0.15) is 11.1 Å². The van der Waals surface area contributed by atoms with E-state index in [9.17, 15) is 0 Å². The molecular formula is C21H18N4O. The number of fused-ring (bicyclic) bond motifs is 1. The number of rotatable bonds is 6. The zero-order valence-corrected chi connectivity index (χ0v) is 14.1. The maximum atomic E-state index is 7.95. The second kappa shape index (κ2) is 8.39. The van der Waals surface area contributed by atoms with E-state index in [1.165, 1.54) is 6.34 Å². The van der Waals surface area contributed by atoms with Crippen LogP contribution in [0.5, 0.6) is 0 Å². The van der Waals surface area contributed by atoms with E-state index < -0.39 is 0 Å². The Labute approximate surface area is 151 Å². The molecule has 1 heterocycles. The van der Waals surface area contributed by atoms with Gasteiger partial charge in [-0.3, -0.25) is 5.41 Å². The third kappa shape index (κ3) is 4.42. The number of amidine groups is 1. The molecule has 0 saturated carbocycles. The van der Waals surface area contributed by atoms with Gasteiger partial charge in [-0.25, -0.2) is 9.98 Å². The van der Waals surface area contributed by atoms with Crippen molar-refractivity contribution in [1.29, 1.82) is 5.41 Å². The van der Waals surface area contributed by atoms with Crippen LogP contribution in [-0.2, 0) is 0 Å². The Morgan fingerprint density at radius 2 is 1.92 bits per heavy atom. The van der Waals surface area contributed by atoms with Crippen molar-refractivity contribution in [3.05, 3.63) is 96.5 Å². The van der Waals surface area contributed by atoms with Gasteiger partial charge in [0, 0.05) is 17.2 Å². The van der Waals surface area contributed by atoms with E-state index in [2.05, 4.69) is 21.9 Å². The van der Waals surface area contributed by atoms with Gasteiger partial charge in [0.15, 0.2) is 5.84 Å². The van der Waals surface area contributed by atoms with Crippen LogP contribution < -0.4 is 5.32 Å². The summed E-state index contributed by atoms with van der Waals surface area (Å²) in [6.45, 7) is 3.69. The molecule has 0 bridgehead atoms. The molecule has 3 aromatic rings. The van der Waals surface area contributed by atoms with Crippen molar-refractivity contribution < 1.29 is 4.42 Å². The molecule has 0 aliphatic heterocycles. The molecule has 0 aliphatic rings. The molecule has 1 aromatic heterocycles. The second-order valence-corrected chi connectivity index (χ2v) is 5.38. The standard InChI is InChI=1S/C21H18N4O/c1-2-6-20(24-15-25-21(22)17-7-4-3-5-8-17)23-14-16-9-10-19-18(13-16)11-12-26-19/h2-15H,1H2,(H2,22,24,25)/b20-6+,23-14+. The fourth-order valence-corrected chi connectivity index (χ4v) is 2.28. The number of benzene rings is 2. The zero-order valence-electron chi connectivity index (χ0n) is 14.1. The van der Waals surface area contributed by atoms with Crippen LogP contribution in [0.3, 0.4) is 0 Å². The highest BCUT2D eigenvalue weighted by molar-refractivity contribution is 6.00. The van der Waals surface area contributed by atoms with Crippen LogP contribution in [0, 0.1) is 5.41 Å². The number of nitrogens with one attached hydrogen (secondary N) is 2. The Bertz CT molecular complexity index is 997. The molecule has 5 nitrogen and oxygen atoms in total. The van der Waals surface area contributed by atoms with Crippen molar-refractivity contribution in [3.63, 3.8) is 0 Å². The van der Waals surface area contributed by atoms with E-state index in [0.29, 0.717) is 5.82 Å². The van der Waals surface area contributed by atoms with Crippen molar-refractivity contribution in [1.82, 2.24) is 5.32 Å². The van der Waals surface area contributed by atoms with Gasteiger partial charge in [-0.15, -0.1) is 0 Å². The molecule has 0 spiro atoms. The van der Waals surface area contributed by atoms with Crippen molar-refractivity contribution in [2.75, 3.05) is 0 Å². The Balaban J connectivity index is 1.67. The summed E-state index contributed by atoms with van der Waals surface area (Å²) in [4.78, 5) is 8.50. The molecule has 26 heavy (non-hydrogen) atoms. The van der Waals surface area contributed by atoms with E-state index in [1.807, 2.05) is 54.6 Å². The van der Waals surface area contributed by atoms with Gasteiger partial charge >= 0.3 is 0 Å². The Kier molecular flexibility index (Phi) is 5.52. The minimum absolute atomic E-state index is 0.172. The Morgan fingerprint density at radius 3 is 2.73 bits per heavy atom. The summed E-state index contributed by atoms with van der Waals surface area (Å²) < 4.78 is 5.33. The fourth-order valence-electron chi connectivity index (χ4n) is 2.28. The lowest BCUT2D eigenvalue weighted by atomic mass is 10.2. The van der Waals surface area contributed by atoms with Gasteiger partial charge in [-0.05, 0) is 35.9 Å². The SMILES string of the molecule is C=C/C=C(\N=C\c1ccc2occc2c1)N/C=N\C(=N)c1ccccc1. The lowest BCUT2D eigenvalue weighted by Gasteiger charge is -2.01. The van der Waals surface area contributed by atoms with E-state index in [4.69, 9.17) is 9.83 Å². The average Bonchev–Trinajstić information content (AvgIpc) is 3.14. The maximum absolute atomic E-state index is 7.95. The molecule has 0 radical (unpaired) electrons. The third-order valence-electron chi connectivity index (χ3n) is 3.56. The normalized spacial score (nSPS) is 12.1. The monoisotopic (exact) mass is 342 g/mol. The maximum Gasteiger partial charge on any atom is 0.153 e. The molecule has 0 atom stereocenters. The predicted molar refractivity (Wildman–Crippen MR) is 107 cm³/mol. The largest absolute Gasteiger partial charge is 0.464 e. The number of hydrogen-bond donors (Lipinski definition) is 2. The number of hydrogen-bond acceptors (Lipinski definition) is 3. The highest BCUT2D eigenvalue weighted by Crippen LogP contribution is 2.16. The van der Waals surface area contributed by atoms with Crippen LogP contribution in [0.2, 0.25) is 0 Å². The number of allylic oxidation sites excluding steroid dienone is 2.